The summed E-state index contributed by atoms with van der Waals surface area (Å²) in [4.78, 5) is 0. The van der Waals surface area contributed by atoms with Crippen molar-refractivity contribution in [2.24, 2.45) is 0 Å². The normalized spacial score (nSPS) is 10.3. The van der Waals surface area contributed by atoms with Crippen LogP contribution in [0.2, 0.25) is 0 Å². The molecule has 0 N–H and O–H groups in total. The molecular formula is C10H13BrOS. The summed E-state index contributed by atoms with van der Waals surface area (Å²) in [5.41, 5.74) is 0. The average Bonchev–Trinajstić information content (AvgIpc) is 2.52. The van der Waals surface area contributed by atoms with Gasteiger partial charge in [-0.05, 0) is 16.6 Å². The fourth-order valence-electron chi connectivity index (χ4n) is 0.952. The Labute approximate surface area is 91.7 Å². The molecule has 0 spiro atoms. The smallest absolute Gasteiger partial charge is 0.114 e. The van der Waals surface area contributed by atoms with Gasteiger partial charge in [-0.3, -0.25) is 0 Å². The van der Waals surface area contributed by atoms with Gasteiger partial charge in [0.15, 0.2) is 0 Å². The predicted octanol–water partition coefficient (Wildman–Crippen LogP) is 3.98. The lowest BCUT2D eigenvalue weighted by Crippen LogP contribution is -1.79. The van der Waals surface area contributed by atoms with E-state index >= 15 is 0 Å². The SMILES string of the molecule is C=C(Br)CSCc1ccc(CC)o1. The summed E-state index contributed by atoms with van der Waals surface area (Å²) in [5, 5.41) is 0. The van der Waals surface area contributed by atoms with Gasteiger partial charge in [-0.2, -0.15) is 0 Å². The molecule has 13 heavy (non-hydrogen) atoms. The van der Waals surface area contributed by atoms with Crippen LogP contribution in [0.5, 0.6) is 0 Å². The lowest BCUT2D eigenvalue weighted by atomic mass is 10.4. The molecule has 1 rings (SSSR count). The van der Waals surface area contributed by atoms with Crippen LogP contribution in [-0.4, -0.2) is 5.75 Å². The zero-order chi connectivity index (χ0) is 9.68. The molecule has 0 saturated carbocycles. The Morgan fingerprint density at radius 2 is 2.23 bits per heavy atom. The van der Waals surface area contributed by atoms with Gasteiger partial charge in [0.1, 0.15) is 11.5 Å². The number of thioether (sulfide) groups is 1. The van der Waals surface area contributed by atoms with E-state index in [1.54, 1.807) is 11.8 Å². The third-order valence-electron chi connectivity index (χ3n) is 1.57. The Bertz CT molecular complexity index is 280. The van der Waals surface area contributed by atoms with E-state index in [0.717, 1.165) is 33.9 Å². The molecule has 1 aromatic rings. The fraction of sp³-hybridized carbons (Fsp3) is 0.400. The minimum absolute atomic E-state index is 0.921. The summed E-state index contributed by atoms with van der Waals surface area (Å²) in [5.74, 6) is 3.97. The zero-order valence-electron chi connectivity index (χ0n) is 7.68. The number of aryl methyl sites for hydroxylation is 1. The summed E-state index contributed by atoms with van der Waals surface area (Å²) < 4.78 is 6.58. The standard InChI is InChI=1S/C10H13BrOS/c1-3-9-4-5-10(12-9)7-13-6-8(2)11/h4-5H,2-3,6-7H2,1H3. The molecule has 0 aliphatic rings. The summed E-state index contributed by atoms with van der Waals surface area (Å²) >= 11 is 5.12. The highest BCUT2D eigenvalue weighted by Gasteiger charge is 2.00. The van der Waals surface area contributed by atoms with Crippen molar-refractivity contribution in [3.05, 3.63) is 34.7 Å². The van der Waals surface area contributed by atoms with Gasteiger partial charge in [0.05, 0.1) is 5.75 Å². The van der Waals surface area contributed by atoms with E-state index in [2.05, 4.69) is 29.4 Å². The molecule has 0 atom stereocenters. The fourth-order valence-corrected chi connectivity index (χ4v) is 2.12. The lowest BCUT2D eigenvalue weighted by Gasteiger charge is -1.96. The van der Waals surface area contributed by atoms with E-state index in [4.69, 9.17) is 4.42 Å². The first kappa shape index (κ1) is 10.9. The van der Waals surface area contributed by atoms with Crippen molar-refractivity contribution < 1.29 is 4.42 Å². The van der Waals surface area contributed by atoms with Gasteiger partial charge in [0.25, 0.3) is 0 Å². The van der Waals surface area contributed by atoms with Crippen molar-refractivity contribution in [2.45, 2.75) is 19.1 Å². The monoisotopic (exact) mass is 260 g/mol. The maximum absolute atomic E-state index is 5.55. The van der Waals surface area contributed by atoms with Crippen LogP contribution >= 0.6 is 27.7 Å². The molecule has 0 amide bonds. The van der Waals surface area contributed by atoms with Crippen molar-refractivity contribution in [1.29, 1.82) is 0 Å². The average molecular weight is 261 g/mol. The summed E-state index contributed by atoms with van der Waals surface area (Å²) in [6.07, 6.45) is 0.968. The van der Waals surface area contributed by atoms with Crippen molar-refractivity contribution in [1.82, 2.24) is 0 Å². The molecule has 0 aromatic carbocycles. The van der Waals surface area contributed by atoms with Gasteiger partial charge in [-0.25, -0.2) is 0 Å². The first-order valence-corrected chi connectivity index (χ1v) is 6.15. The van der Waals surface area contributed by atoms with Gasteiger partial charge < -0.3 is 4.42 Å². The number of hydrogen-bond donors (Lipinski definition) is 0. The number of hydrogen-bond acceptors (Lipinski definition) is 2. The third kappa shape index (κ3) is 4.05. The Morgan fingerprint density at radius 1 is 1.54 bits per heavy atom. The highest BCUT2D eigenvalue weighted by atomic mass is 79.9. The van der Waals surface area contributed by atoms with Crippen LogP contribution in [0.15, 0.2) is 27.6 Å². The molecule has 0 radical (unpaired) electrons. The van der Waals surface area contributed by atoms with Crippen LogP contribution in [0, 0.1) is 0 Å². The van der Waals surface area contributed by atoms with E-state index in [1.165, 1.54) is 0 Å². The van der Waals surface area contributed by atoms with Gasteiger partial charge >= 0.3 is 0 Å². The molecule has 0 unspecified atom stereocenters. The van der Waals surface area contributed by atoms with Crippen LogP contribution in [0.1, 0.15) is 18.4 Å². The number of rotatable bonds is 5. The van der Waals surface area contributed by atoms with Gasteiger partial charge in [0.2, 0.25) is 0 Å². The van der Waals surface area contributed by atoms with Crippen molar-refractivity contribution in [2.75, 3.05) is 5.75 Å². The maximum atomic E-state index is 5.55. The first-order valence-electron chi connectivity index (χ1n) is 4.21. The van der Waals surface area contributed by atoms with Gasteiger partial charge in [-0.1, -0.05) is 29.4 Å². The molecular weight excluding hydrogens is 248 g/mol. The molecule has 0 aliphatic carbocycles. The molecule has 1 nitrogen and oxygen atoms in total. The quantitative estimate of drug-likeness (QED) is 0.795. The third-order valence-corrected chi connectivity index (χ3v) is 3.26. The second-order valence-corrected chi connectivity index (χ2v) is 4.84. The van der Waals surface area contributed by atoms with E-state index < -0.39 is 0 Å². The zero-order valence-corrected chi connectivity index (χ0v) is 10.1. The molecule has 3 heteroatoms. The van der Waals surface area contributed by atoms with Gasteiger partial charge in [0, 0.05) is 12.2 Å². The summed E-state index contributed by atoms with van der Waals surface area (Å²) in [7, 11) is 0. The Kier molecular flexibility index (Phi) is 4.67. The molecule has 0 bridgehead atoms. The highest BCUT2D eigenvalue weighted by molar-refractivity contribution is 9.11. The second-order valence-electron chi connectivity index (χ2n) is 2.73. The number of furan rings is 1. The predicted molar refractivity (Wildman–Crippen MR) is 62.3 cm³/mol. The van der Waals surface area contributed by atoms with Gasteiger partial charge in [-0.15, -0.1) is 11.8 Å². The van der Waals surface area contributed by atoms with E-state index in [1.807, 2.05) is 12.1 Å². The minimum atomic E-state index is 0.921. The second kappa shape index (κ2) is 5.55. The molecule has 1 aromatic heterocycles. The van der Waals surface area contributed by atoms with Crippen LogP contribution in [0.3, 0.4) is 0 Å². The molecule has 0 fully saturated rings. The molecule has 0 saturated heterocycles. The maximum Gasteiger partial charge on any atom is 0.114 e. The van der Waals surface area contributed by atoms with Crippen LogP contribution in [-0.2, 0) is 12.2 Å². The molecule has 0 aliphatic heterocycles. The molecule has 72 valence electrons. The van der Waals surface area contributed by atoms with E-state index in [9.17, 15) is 0 Å². The van der Waals surface area contributed by atoms with Crippen molar-refractivity contribution in [3.63, 3.8) is 0 Å². The highest BCUT2D eigenvalue weighted by Crippen LogP contribution is 2.19. The summed E-state index contributed by atoms with van der Waals surface area (Å²) in [6, 6.07) is 4.08. The number of halogens is 1. The van der Waals surface area contributed by atoms with E-state index in [0.29, 0.717) is 0 Å². The largest absolute Gasteiger partial charge is 0.465 e. The Hall–Kier alpha value is -0.150. The molecule has 1 heterocycles. The van der Waals surface area contributed by atoms with Crippen LogP contribution in [0.25, 0.3) is 0 Å². The van der Waals surface area contributed by atoms with Crippen LogP contribution < -0.4 is 0 Å². The summed E-state index contributed by atoms with van der Waals surface area (Å²) in [6.45, 7) is 5.87. The minimum Gasteiger partial charge on any atom is -0.465 e. The van der Waals surface area contributed by atoms with Crippen LogP contribution in [0.4, 0.5) is 0 Å². The Morgan fingerprint density at radius 3 is 2.77 bits per heavy atom. The topological polar surface area (TPSA) is 13.1 Å². The first-order chi connectivity index (χ1) is 6.22. The van der Waals surface area contributed by atoms with Crippen molar-refractivity contribution in [3.8, 4) is 0 Å². The Balaban J connectivity index is 2.32. The van der Waals surface area contributed by atoms with E-state index in [-0.39, 0.29) is 0 Å². The van der Waals surface area contributed by atoms with Crippen molar-refractivity contribution >= 4 is 27.7 Å². The lowest BCUT2D eigenvalue weighted by molar-refractivity contribution is 0.485.